The molecular weight excluding hydrogens is 360 g/mol. The number of hydrogen-bond donors (Lipinski definition) is 2. The lowest BCUT2D eigenvalue weighted by Crippen LogP contribution is -2.22. The van der Waals surface area contributed by atoms with Crippen molar-refractivity contribution in [2.45, 2.75) is 11.8 Å². The fourth-order valence-corrected chi connectivity index (χ4v) is 2.89. The van der Waals surface area contributed by atoms with Crippen LogP contribution in [0.4, 0.5) is 5.69 Å². The summed E-state index contributed by atoms with van der Waals surface area (Å²) in [6, 6.07) is 7.04. The Hall–Kier alpha value is -3.16. The van der Waals surface area contributed by atoms with Gasteiger partial charge in [0.25, 0.3) is 5.91 Å². The number of rotatable bonds is 5. The third-order valence-electron chi connectivity index (χ3n) is 3.47. The second-order valence-corrected chi connectivity index (χ2v) is 7.55. The molecule has 0 radical (unpaired) electrons. The van der Waals surface area contributed by atoms with Gasteiger partial charge in [0.2, 0.25) is 10.0 Å². The van der Waals surface area contributed by atoms with E-state index in [1.165, 1.54) is 51.5 Å². The molecule has 0 fully saturated rings. The number of amides is 1. The number of carbonyl (C=O) groups excluding carboxylic acids is 1. The summed E-state index contributed by atoms with van der Waals surface area (Å²) in [6.45, 7) is 1.52. The number of carbonyl (C=O) groups is 1. The smallest absolute Gasteiger partial charge is 0.270 e. The predicted molar refractivity (Wildman–Crippen MR) is 92.3 cm³/mol. The summed E-state index contributed by atoms with van der Waals surface area (Å²) in [5.74, 6) is -1.16. The third kappa shape index (κ3) is 3.74. The van der Waals surface area contributed by atoms with Gasteiger partial charge >= 0.3 is 0 Å². The van der Waals surface area contributed by atoms with Gasteiger partial charge in [0.1, 0.15) is 11.8 Å². The van der Waals surface area contributed by atoms with E-state index in [0.717, 1.165) is 4.31 Å². The molecule has 0 unspecified atom stereocenters. The average Bonchev–Trinajstić information content (AvgIpc) is 3.01. The molecule has 26 heavy (non-hydrogen) atoms. The maximum Gasteiger partial charge on any atom is 0.270 e. The Labute approximate surface area is 150 Å². The van der Waals surface area contributed by atoms with Crippen LogP contribution < -0.4 is 5.32 Å². The van der Waals surface area contributed by atoms with Crippen LogP contribution in [0.2, 0.25) is 0 Å². The van der Waals surface area contributed by atoms with Crippen molar-refractivity contribution < 1.29 is 22.8 Å². The van der Waals surface area contributed by atoms with E-state index in [4.69, 9.17) is 4.52 Å². The Morgan fingerprint density at radius 3 is 2.38 bits per heavy atom. The highest BCUT2D eigenvalue weighted by atomic mass is 32.2. The fourth-order valence-electron chi connectivity index (χ4n) is 1.99. The van der Waals surface area contributed by atoms with Gasteiger partial charge in [0.05, 0.1) is 16.7 Å². The molecule has 2 aromatic rings. The highest BCUT2D eigenvalue weighted by Gasteiger charge is 2.21. The van der Waals surface area contributed by atoms with Crippen LogP contribution in [0.15, 0.2) is 45.5 Å². The predicted octanol–water partition coefficient (Wildman–Crippen LogP) is 1.66. The van der Waals surface area contributed by atoms with Crippen LogP contribution in [0.5, 0.6) is 0 Å². The molecule has 0 aliphatic rings. The lowest BCUT2D eigenvalue weighted by Gasteiger charge is -2.12. The van der Waals surface area contributed by atoms with E-state index in [9.17, 15) is 23.6 Å². The number of nitrogens with one attached hydrogen (secondary N) is 1. The van der Waals surface area contributed by atoms with E-state index in [2.05, 4.69) is 10.5 Å². The number of benzene rings is 1. The van der Waals surface area contributed by atoms with E-state index >= 15 is 0 Å². The summed E-state index contributed by atoms with van der Waals surface area (Å²) < 4.78 is 29.9. The zero-order valence-electron chi connectivity index (χ0n) is 14.2. The molecule has 1 aromatic heterocycles. The highest BCUT2D eigenvalue weighted by Crippen LogP contribution is 2.21. The minimum Gasteiger partial charge on any atom is -0.506 e. The maximum absolute atomic E-state index is 12.3. The van der Waals surface area contributed by atoms with Crippen LogP contribution in [0.3, 0.4) is 0 Å². The molecule has 1 heterocycles. The molecule has 0 bridgehead atoms. The van der Waals surface area contributed by atoms with Gasteiger partial charge in [-0.25, -0.2) is 12.7 Å². The van der Waals surface area contributed by atoms with Gasteiger partial charge in [-0.2, -0.15) is 5.26 Å². The number of nitriles is 1. The molecule has 0 atom stereocenters. The van der Waals surface area contributed by atoms with Crippen LogP contribution in [0, 0.1) is 18.3 Å². The minimum absolute atomic E-state index is 0.0551. The van der Waals surface area contributed by atoms with Gasteiger partial charge in [-0.15, -0.1) is 0 Å². The molecular formula is C16H16N4O5S. The summed E-state index contributed by atoms with van der Waals surface area (Å²) in [5, 5.41) is 25.2. The third-order valence-corrected chi connectivity index (χ3v) is 5.30. The van der Waals surface area contributed by atoms with Crippen molar-refractivity contribution >= 4 is 27.4 Å². The number of aryl methyl sites for hydroxylation is 1. The molecule has 1 amide bonds. The summed E-state index contributed by atoms with van der Waals surface area (Å²) in [4.78, 5) is 12.3. The zero-order chi connectivity index (χ0) is 19.5. The summed E-state index contributed by atoms with van der Waals surface area (Å²) in [7, 11) is -0.775. The van der Waals surface area contributed by atoms with E-state index in [1.807, 2.05) is 0 Å². The summed E-state index contributed by atoms with van der Waals surface area (Å²) in [5.41, 5.74) is -0.138. The van der Waals surface area contributed by atoms with E-state index in [-0.39, 0.29) is 21.9 Å². The number of hydrogen-bond acceptors (Lipinski definition) is 7. The first-order valence-corrected chi connectivity index (χ1v) is 8.71. The quantitative estimate of drug-likeness (QED) is 0.460. The zero-order valence-corrected chi connectivity index (χ0v) is 15.0. The fraction of sp³-hybridized carbons (Fsp3) is 0.188. The standard InChI is InChI=1S/C16H16N4O5S/c1-10-14(9-18-25-10)15(21)13(8-17)16(22)19-11-4-6-12(7-5-11)26(23,24)20(2)3/h4-7,9,21H,1-3H3,(H,19,22)/b15-13-. The van der Waals surface area contributed by atoms with E-state index in [1.54, 1.807) is 6.07 Å². The first kappa shape index (κ1) is 19.2. The number of aliphatic hydroxyl groups excluding tert-OH is 1. The molecule has 0 saturated carbocycles. The van der Waals surface area contributed by atoms with Gasteiger partial charge < -0.3 is 14.9 Å². The number of aromatic nitrogens is 1. The van der Waals surface area contributed by atoms with Gasteiger partial charge in [-0.05, 0) is 31.2 Å². The van der Waals surface area contributed by atoms with Crippen LogP contribution in [0.25, 0.3) is 5.76 Å². The first-order chi connectivity index (χ1) is 12.2. The van der Waals surface area contributed by atoms with Gasteiger partial charge in [0, 0.05) is 19.8 Å². The molecule has 9 nitrogen and oxygen atoms in total. The van der Waals surface area contributed by atoms with Crippen LogP contribution >= 0.6 is 0 Å². The normalized spacial score (nSPS) is 12.4. The van der Waals surface area contributed by atoms with Gasteiger partial charge in [-0.3, -0.25) is 4.79 Å². The van der Waals surface area contributed by atoms with Crippen LogP contribution in [-0.2, 0) is 14.8 Å². The lowest BCUT2D eigenvalue weighted by atomic mass is 10.1. The number of anilines is 1. The van der Waals surface area contributed by atoms with Gasteiger partial charge in [0.15, 0.2) is 11.3 Å². The van der Waals surface area contributed by atoms with Crippen molar-refractivity contribution in [2.24, 2.45) is 0 Å². The lowest BCUT2D eigenvalue weighted by molar-refractivity contribution is -0.112. The molecule has 2 N–H and O–H groups in total. The maximum atomic E-state index is 12.3. The summed E-state index contributed by atoms with van der Waals surface area (Å²) >= 11 is 0. The topological polar surface area (TPSA) is 137 Å². The minimum atomic E-state index is -3.59. The Kier molecular flexibility index (Phi) is 5.44. The molecule has 0 saturated heterocycles. The summed E-state index contributed by atoms with van der Waals surface area (Å²) in [6.07, 6.45) is 1.19. The molecule has 0 aliphatic carbocycles. The Bertz CT molecular complexity index is 998. The van der Waals surface area contributed by atoms with Crippen molar-refractivity contribution in [2.75, 3.05) is 19.4 Å². The molecule has 10 heteroatoms. The van der Waals surface area contributed by atoms with Crippen LogP contribution in [0.1, 0.15) is 11.3 Å². The Morgan fingerprint density at radius 1 is 1.31 bits per heavy atom. The van der Waals surface area contributed by atoms with Crippen molar-refractivity contribution in [1.82, 2.24) is 9.46 Å². The number of nitrogens with zero attached hydrogens (tertiary/aromatic N) is 3. The average molecular weight is 376 g/mol. The SMILES string of the molecule is Cc1oncc1/C(O)=C(\C#N)C(=O)Nc1ccc(S(=O)(=O)N(C)C)cc1. The van der Waals surface area contributed by atoms with Crippen molar-refractivity contribution in [3.05, 3.63) is 47.4 Å². The first-order valence-electron chi connectivity index (χ1n) is 7.27. The molecule has 2 rings (SSSR count). The second kappa shape index (κ2) is 7.38. The molecule has 1 aromatic carbocycles. The Morgan fingerprint density at radius 2 is 1.92 bits per heavy atom. The highest BCUT2D eigenvalue weighted by molar-refractivity contribution is 7.89. The largest absolute Gasteiger partial charge is 0.506 e. The van der Waals surface area contributed by atoms with E-state index < -0.39 is 27.3 Å². The van der Waals surface area contributed by atoms with Gasteiger partial charge in [-0.1, -0.05) is 5.16 Å². The molecule has 136 valence electrons. The van der Waals surface area contributed by atoms with Crippen molar-refractivity contribution in [1.29, 1.82) is 5.26 Å². The molecule has 0 spiro atoms. The number of sulfonamides is 1. The Balaban J connectivity index is 2.27. The monoisotopic (exact) mass is 376 g/mol. The second-order valence-electron chi connectivity index (χ2n) is 5.40. The molecule has 0 aliphatic heterocycles. The number of aliphatic hydroxyl groups is 1. The van der Waals surface area contributed by atoms with Crippen molar-refractivity contribution in [3.63, 3.8) is 0 Å². The van der Waals surface area contributed by atoms with Crippen molar-refractivity contribution in [3.8, 4) is 6.07 Å². The van der Waals surface area contributed by atoms with E-state index in [0.29, 0.717) is 0 Å². The van der Waals surface area contributed by atoms with Crippen LogP contribution in [-0.4, -0.2) is 43.0 Å².